The van der Waals surface area contributed by atoms with Crippen LogP contribution in [-0.4, -0.2) is 25.0 Å². The molecule has 0 bridgehead atoms. The number of carbonyl (C=O) groups is 2. The normalized spacial score (nSPS) is 10.5. The van der Waals surface area contributed by atoms with Crippen LogP contribution in [0, 0.1) is 5.92 Å². The van der Waals surface area contributed by atoms with Gasteiger partial charge < -0.3 is 20.7 Å². The highest BCUT2D eigenvalue weighted by atomic mass is 16.5. The van der Waals surface area contributed by atoms with Crippen LogP contribution in [0.1, 0.15) is 25.8 Å². The number of benzene rings is 3. The van der Waals surface area contributed by atoms with Crippen LogP contribution in [0.3, 0.4) is 0 Å². The fourth-order valence-electron chi connectivity index (χ4n) is 3.11. The number of hydrogen-bond acceptors (Lipinski definition) is 4. The molecular weight excluding hydrogens is 414 g/mol. The molecule has 6 heteroatoms. The first kappa shape index (κ1) is 23.9. The highest BCUT2D eigenvalue weighted by Crippen LogP contribution is 2.18. The molecule has 0 spiro atoms. The van der Waals surface area contributed by atoms with E-state index in [9.17, 15) is 9.59 Å². The molecule has 3 rings (SSSR count). The monoisotopic (exact) mass is 445 g/mol. The summed E-state index contributed by atoms with van der Waals surface area (Å²) >= 11 is 0. The van der Waals surface area contributed by atoms with E-state index in [2.05, 4.69) is 29.8 Å². The number of ether oxygens (including phenoxy) is 1. The summed E-state index contributed by atoms with van der Waals surface area (Å²) in [6.45, 7) is 4.93. The molecule has 0 aliphatic rings. The van der Waals surface area contributed by atoms with Gasteiger partial charge in [0.05, 0.1) is 13.2 Å². The van der Waals surface area contributed by atoms with Gasteiger partial charge in [-0.3, -0.25) is 9.59 Å². The lowest BCUT2D eigenvalue weighted by atomic mass is 10.1. The second-order valence-corrected chi connectivity index (χ2v) is 8.25. The minimum absolute atomic E-state index is 0.0291. The Hall–Kier alpha value is -3.80. The van der Waals surface area contributed by atoms with Crippen molar-refractivity contribution < 1.29 is 14.3 Å². The van der Waals surface area contributed by atoms with Gasteiger partial charge in [-0.1, -0.05) is 50.2 Å². The largest absolute Gasteiger partial charge is 0.493 e. The first-order valence-electron chi connectivity index (χ1n) is 11.2. The SMILES string of the molecule is CC(C)COc1cccc(NC(=O)CNc2ccc(NC(=O)CCc3ccccc3)cc2)c1. The van der Waals surface area contributed by atoms with Crippen LogP contribution in [0.2, 0.25) is 0 Å². The molecule has 6 nitrogen and oxygen atoms in total. The quantitative estimate of drug-likeness (QED) is 0.372. The number of hydrogen-bond donors (Lipinski definition) is 3. The van der Waals surface area contributed by atoms with Gasteiger partial charge in [-0.2, -0.15) is 0 Å². The van der Waals surface area contributed by atoms with E-state index in [0.717, 1.165) is 22.7 Å². The van der Waals surface area contributed by atoms with Gasteiger partial charge in [0.25, 0.3) is 0 Å². The maximum atomic E-state index is 12.3. The number of aryl methyl sites for hydroxylation is 1. The summed E-state index contributed by atoms with van der Waals surface area (Å²) in [5.41, 5.74) is 3.35. The fourth-order valence-corrected chi connectivity index (χ4v) is 3.11. The van der Waals surface area contributed by atoms with E-state index in [1.54, 1.807) is 0 Å². The molecule has 2 amide bonds. The zero-order valence-corrected chi connectivity index (χ0v) is 19.1. The van der Waals surface area contributed by atoms with Crippen LogP contribution in [0.5, 0.6) is 5.75 Å². The molecule has 3 N–H and O–H groups in total. The molecule has 0 saturated carbocycles. The molecule has 0 aromatic heterocycles. The van der Waals surface area contributed by atoms with E-state index < -0.39 is 0 Å². The summed E-state index contributed by atoms with van der Waals surface area (Å²) in [7, 11) is 0. The van der Waals surface area contributed by atoms with Crippen LogP contribution < -0.4 is 20.7 Å². The molecular formula is C27H31N3O3. The van der Waals surface area contributed by atoms with Gasteiger partial charge in [0, 0.05) is 29.5 Å². The van der Waals surface area contributed by atoms with Crippen molar-refractivity contribution in [2.75, 3.05) is 29.1 Å². The molecule has 0 atom stereocenters. The Kier molecular flexibility index (Phi) is 8.88. The van der Waals surface area contributed by atoms with E-state index in [0.29, 0.717) is 31.1 Å². The van der Waals surface area contributed by atoms with Crippen molar-refractivity contribution in [1.82, 2.24) is 0 Å². The van der Waals surface area contributed by atoms with E-state index in [1.165, 1.54) is 0 Å². The van der Waals surface area contributed by atoms with E-state index in [-0.39, 0.29) is 18.4 Å². The highest BCUT2D eigenvalue weighted by molar-refractivity contribution is 5.94. The van der Waals surface area contributed by atoms with Gasteiger partial charge in [0.1, 0.15) is 5.75 Å². The van der Waals surface area contributed by atoms with E-state index >= 15 is 0 Å². The third kappa shape index (κ3) is 8.69. The third-order valence-corrected chi connectivity index (χ3v) is 4.81. The van der Waals surface area contributed by atoms with Crippen LogP contribution >= 0.6 is 0 Å². The molecule has 0 fully saturated rings. The predicted molar refractivity (Wildman–Crippen MR) is 134 cm³/mol. The average Bonchev–Trinajstić information content (AvgIpc) is 2.82. The van der Waals surface area contributed by atoms with Crippen LogP contribution in [0.25, 0.3) is 0 Å². The number of rotatable bonds is 11. The van der Waals surface area contributed by atoms with Crippen LogP contribution in [-0.2, 0) is 16.0 Å². The summed E-state index contributed by atoms with van der Waals surface area (Å²) in [5, 5.41) is 8.86. The lowest BCUT2D eigenvalue weighted by Crippen LogP contribution is -2.21. The van der Waals surface area contributed by atoms with E-state index in [1.807, 2.05) is 78.9 Å². The van der Waals surface area contributed by atoms with Gasteiger partial charge in [0.15, 0.2) is 0 Å². The summed E-state index contributed by atoms with van der Waals surface area (Å²) in [6, 6.07) is 24.6. The molecule has 0 radical (unpaired) electrons. The highest BCUT2D eigenvalue weighted by Gasteiger charge is 2.06. The van der Waals surface area contributed by atoms with Gasteiger partial charge in [-0.25, -0.2) is 0 Å². The zero-order chi connectivity index (χ0) is 23.5. The maximum absolute atomic E-state index is 12.3. The minimum Gasteiger partial charge on any atom is -0.493 e. The van der Waals surface area contributed by atoms with Crippen molar-refractivity contribution in [3.8, 4) is 5.75 Å². The first-order valence-corrected chi connectivity index (χ1v) is 11.2. The minimum atomic E-state index is -0.158. The van der Waals surface area contributed by atoms with Crippen LogP contribution in [0.4, 0.5) is 17.1 Å². The molecule has 3 aromatic carbocycles. The molecule has 0 saturated heterocycles. The van der Waals surface area contributed by atoms with Gasteiger partial charge >= 0.3 is 0 Å². The Morgan fingerprint density at radius 1 is 0.788 bits per heavy atom. The smallest absolute Gasteiger partial charge is 0.243 e. The maximum Gasteiger partial charge on any atom is 0.243 e. The Bertz CT molecular complexity index is 1030. The molecule has 0 unspecified atom stereocenters. The molecule has 33 heavy (non-hydrogen) atoms. The molecule has 172 valence electrons. The van der Waals surface area contributed by atoms with Crippen molar-refractivity contribution in [1.29, 1.82) is 0 Å². The van der Waals surface area contributed by atoms with Crippen molar-refractivity contribution >= 4 is 28.9 Å². The molecule has 0 aliphatic heterocycles. The summed E-state index contributed by atoms with van der Waals surface area (Å²) in [4.78, 5) is 24.5. The Morgan fingerprint density at radius 3 is 2.21 bits per heavy atom. The molecule has 3 aromatic rings. The van der Waals surface area contributed by atoms with Crippen molar-refractivity contribution in [3.05, 3.63) is 84.4 Å². The van der Waals surface area contributed by atoms with Crippen molar-refractivity contribution in [3.63, 3.8) is 0 Å². The van der Waals surface area contributed by atoms with Crippen LogP contribution in [0.15, 0.2) is 78.9 Å². The number of nitrogens with one attached hydrogen (secondary N) is 3. The van der Waals surface area contributed by atoms with Crippen molar-refractivity contribution in [2.24, 2.45) is 5.92 Å². The van der Waals surface area contributed by atoms with Gasteiger partial charge in [-0.15, -0.1) is 0 Å². The standard InChI is InChI=1S/C27H31N3O3/c1-20(2)19-33-25-10-6-9-24(17-25)30-27(32)18-28-22-12-14-23(15-13-22)29-26(31)16-11-21-7-4-3-5-8-21/h3-10,12-15,17,20,28H,11,16,18-19H2,1-2H3,(H,29,31)(H,30,32). The second kappa shape index (κ2) is 12.3. The van der Waals surface area contributed by atoms with Crippen molar-refractivity contribution in [2.45, 2.75) is 26.7 Å². The summed E-state index contributed by atoms with van der Waals surface area (Å²) < 4.78 is 5.70. The number of amides is 2. The number of carbonyl (C=O) groups excluding carboxylic acids is 2. The topological polar surface area (TPSA) is 79.5 Å². The fraction of sp³-hybridized carbons (Fsp3) is 0.259. The van der Waals surface area contributed by atoms with Gasteiger partial charge in [-0.05, 0) is 54.3 Å². The summed E-state index contributed by atoms with van der Waals surface area (Å²) in [5.74, 6) is 0.977. The first-order chi connectivity index (χ1) is 16.0. The lowest BCUT2D eigenvalue weighted by Gasteiger charge is -2.11. The predicted octanol–water partition coefficient (Wildman–Crippen LogP) is 5.34. The number of anilines is 3. The Morgan fingerprint density at radius 2 is 1.48 bits per heavy atom. The Labute approximate surface area is 195 Å². The lowest BCUT2D eigenvalue weighted by molar-refractivity contribution is -0.116. The second-order valence-electron chi connectivity index (χ2n) is 8.25. The third-order valence-electron chi connectivity index (χ3n) is 4.81. The average molecular weight is 446 g/mol. The Balaban J connectivity index is 1.41. The molecule has 0 aliphatic carbocycles. The van der Waals surface area contributed by atoms with E-state index in [4.69, 9.17) is 4.74 Å². The summed E-state index contributed by atoms with van der Waals surface area (Å²) in [6.07, 6.45) is 1.13. The zero-order valence-electron chi connectivity index (χ0n) is 19.1. The van der Waals surface area contributed by atoms with Gasteiger partial charge in [0.2, 0.25) is 11.8 Å². The molecule has 0 heterocycles.